The molecule has 9 heteroatoms. The first kappa shape index (κ1) is 16.2. The Kier molecular flexibility index (Phi) is 6.50. The average Bonchev–Trinajstić information content (AvgIpc) is 2.77. The Bertz CT molecular complexity index is 519. The molecule has 1 aliphatic rings. The summed E-state index contributed by atoms with van der Waals surface area (Å²) in [5, 5.41) is 16.4. The summed E-state index contributed by atoms with van der Waals surface area (Å²) in [7, 11) is 10.00. The first-order valence-electron chi connectivity index (χ1n) is 5.70. The zero-order chi connectivity index (χ0) is 14.4. The van der Waals surface area contributed by atoms with Crippen LogP contribution < -0.4 is 5.69 Å². The lowest BCUT2D eigenvalue weighted by molar-refractivity contribution is 0.0336. The second-order valence-electron chi connectivity index (χ2n) is 3.87. The van der Waals surface area contributed by atoms with Crippen molar-refractivity contribution in [2.45, 2.75) is 31.7 Å². The zero-order valence-corrected chi connectivity index (χ0v) is 11.1. The molecule has 1 unspecified atom stereocenters. The Labute approximate surface area is 118 Å². The predicted molar refractivity (Wildman–Crippen MR) is 73.5 cm³/mol. The highest BCUT2D eigenvalue weighted by atomic mass is 32.1. The van der Waals surface area contributed by atoms with Crippen LogP contribution in [0.3, 0.4) is 0 Å². The van der Waals surface area contributed by atoms with Gasteiger partial charge in [0.25, 0.3) is 0 Å². The molecule has 19 heavy (non-hydrogen) atoms. The first-order chi connectivity index (χ1) is 9.03. The summed E-state index contributed by atoms with van der Waals surface area (Å²) >= 11 is 4.90. The van der Waals surface area contributed by atoms with E-state index in [4.69, 9.17) is 35.0 Å². The lowest BCUT2D eigenvalue weighted by Crippen LogP contribution is -2.28. The van der Waals surface area contributed by atoms with E-state index >= 15 is 0 Å². The standard InChI is InChI=1S/C9H11BN2O3S.CH3BO/c10-6-1-2-7(15-6)12-3-5(4-13)8(16)11-9(12)14;2-1-3/h3,6-7,13H,1-2,4H2,(H,11,14,16);3H,1H2/t6-,7?;/m0./s1. The van der Waals surface area contributed by atoms with Crippen molar-refractivity contribution < 1.29 is 14.9 Å². The van der Waals surface area contributed by atoms with Gasteiger partial charge in [0.05, 0.1) is 6.61 Å². The number of nitrogens with one attached hydrogen (secondary N) is 1. The van der Waals surface area contributed by atoms with E-state index in [0.29, 0.717) is 18.4 Å². The molecular formula is C10H14B2N2O4S. The molecule has 2 atom stereocenters. The monoisotopic (exact) mass is 280 g/mol. The fraction of sp³-hybridized carbons (Fsp3) is 0.600. The Morgan fingerprint density at radius 2 is 2.16 bits per heavy atom. The molecule has 0 amide bonds. The maximum atomic E-state index is 11.6. The summed E-state index contributed by atoms with van der Waals surface area (Å²) in [5.41, 5.74) is 0.153. The molecule has 0 aromatic carbocycles. The minimum Gasteiger partial charge on any atom is -0.406 e. The lowest BCUT2D eigenvalue weighted by Gasteiger charge is -2.15. The Morgan fingerprint density at radius 3 is 2.63 bits per heavy atom. The van der Waals surface area contributed by atoms with Crippen LogP contribution >= 0.6 is 12.2 Å². The molecule has 2 rings (SSSR count). The van der Waals surface area contributed by atoms with E-state index in [0.717, 1.165) is 0 Å². The van der Waals surface area contributed by atoms with Crippen molar-refractivity contribution in [3.05, 3.63) is 26.9 Å². The van der Waals surface area contributed by atoms with Gasteiger partial charge in [0, 0.05) is 24.3 Å². The van der Waals surface area contributed by atoms with Gasteiger partial charge in [-0.1, -0.05) is 12.2 Å². The van der Waals surface area contributed by atoms with Crippen molar-refractivity contribution in [1.82, 2.24) is 9.55 Å². The number of hydrogen-bond donors (Lipinski definition) is 3. The largest absolute Gasteiger partial charge is 0.406 e. The minimum atomic E-state index is -0.375. The molecule has 0 saturated carbocycles. The van der Waals surface area contributed by atoms with Crippen LogP contribution in [0, 0.1) is 4.64 Å². The molecule has 1 aliphatic heterocycles. The molecule has 100 valence electrons. The average molecular weight is 280 g/mol. The van der Waals surface area contributed by atoms with Gasteiger partial charge in [0.1, 0.15) is 26.6 Å². The second-order valence-corrected chi connectivity index (χ2v) is 4.28. The van der Waals surface area contributed by atoms with Crippen LogP contribution in [0.1, 0.15) is 24.6 Å². The number of aromatic nitrogens is 2. The quantitative estimate of drug-likeness (QED) is 0.493. The second kappa shape index (κ2) is 7.64. The van der Waals surface area contributed by atoms with Gasteiger partial charge in [-0.3, -0.25) is 9.55 Å². The molecule has 0 aliphatic carbocycles. The van der Waals surface area contributed by atoms with Crippen molar-refractivity contribution in [1.29, 1.82) is 0 Å². The summed E-state index contributed by atoms with van der Waals surface area (Å²) < 4.78 is 7.01. The van der Waals surface area contributed by atoms with Crippen LogP contribution in [0.2, 0.25) is 0 Å². The molecular weight excluding hydrogens is 266 g/mol. The van der Waals surface area contributed by atoms with E-state index in [1.807, 2.05) is 0 Å². The number of ether oxygens (including phenoxy) is 1. The number of rotatable bonds is 2. The predicted octanol–water partition coefficient (Wildman–Crippen LogP) is -0.694. The van der Waals surface area contributed by atoms with Crippen LogP contribution in [0.25, 0.3) is 0 Å². The van der Waals surface area contributed by atoms with Crippen molar-refractivity contribution in [3.63, 3.8) is 0 Å². The Hall–Kier alpha value is -0.890. The molecule has 1 aromatic rings. The highest BCUT2D eigenvalue weighted by Crippen LogP contribution is 2.25. The topological polar surface area (TPSA) is 87.5 Å². The van der Waals surface area contributed by atoms with E-state index in [1.54, 1.807) is 0 Å². The molecule has 4 radical (unpaired) electrons. The summed E-state index contributed by atoms with van der Waals surface area (Å²) in [4.78, 5) is 14.1. The third-order valence-corrected chi connectivity index (χ3v) is 2.92. The fourth-order valence-electron chi connectivity index (χ4n) is 1.70. The van der Waals surface area contributed by atoms with Crippen LogP contribution in [0.5, 0.6) is 0 Å². The normalized spacial score (nSPS) is 21.8. The summed E-state index contributed by atoms with van der Waals surface area (Å²) in [5.74, 6) is 0. The molecule has 1 aromatic heterocycles. The maximum Gasteiger partial charge on any atom is 0.328 e. The number of aliphatic hydroxyl groups is 2. The third kappa shape index (κ3) is 4.31. The maximum absolute atomic E-state index is 11.6. The van der Waals surface area contributed by atoms with Crippen LogP contribution in [-0.4, -0.2) is 48.0 Å². The molecule has 1 saturated heterocycles. The first-order valence-corrected chi connectivity index (χ1v) is 6.11. The van der Waals surface area contributed by atoms with Gasteiger partial charge < -0.3 is 14.9 Å². The molecule has 0 spiro atoms. The highest BCUT2D eigenvalue weighted by Gasteiger charge is 2.23. The Balaban J connectivity index is 0.000000550. The molecule has 1 fully saturated rings. The van der Waals surface area contributed by atoms with E-state index in [-0.39, 0.29) is 35.7 Å². The number of nitrogens with zero attached hydrogens (tertiary/aromatic N) is 1. The summed E-state index contributed by atoms with van der Waals surface area (Å²) in [6.07, 6.45) is 2.53. The summed E-state index contributed by atoms with van der Waals surface area (Å²) in [6, 6.07) is -0.336. The van der Waals surface area contributed by atoms with Crippen LogP contribution in [0.15, 0.2) is 11.0 Å². The van der Waals surface area contributed by atoms with Crippen molar-refractivity contribution in [3.8, 4) is 0 Å². The molecule has 6 nitrogen and oxygen atoms in total. The lowest BCUT2D eigenvalue weighted by atomic mass is 9.98. The van der Waals surface area contributed by atoms with Gasteiger partial charge in [0.15, 0.2) is 0 Å². The van der Waals surface area contributed by atoms with Crippen LogP contribution in [-0.2, 0) is 11.3 Å². The Morgan fingerprint density at radius 1 is 1.53 bits per heavy atom. The number of aliphatic hydroxyl groups excluding tert-OH is 2. The number of aromatic amines is 1. The van der Waals surface area contributed by atoms with E-state index in [2.05, 4.69) is 12.8 Å². The summed E-state index contributed by atoms with van der Waals surface area (Å²) in [6.45, 7) is -0.464. The molecule has 3 N–H and O–H groups in total. The molecule has 0 bridgehead atoms. The number of hydrogen-bond acceptors (Lipinski definition) is 5. The van der Waals surface area contributed by atoms with E-state index in [9.17, 15) is 4.79 Å². The zero-order valence-electron chi connectivity index (χ0n) is 10.3. The van der Waals surface area contributed by atoms with Gasteiger partial charge in [-0.25, -0.2) is 4.79 Å². The van der Waals surface area contributed by atoms with Gasteiger partial charge >= 0.3 is 5.69 Å². The minimum absolute atomic E-state index is 0.214. The van der Waals surface area contributed by atoms with Gasteiger partial charge in [-0.2, -0.15) is 0 Å². The van der Waals surface area contributed by atoms with Crippen molar-refractivity contribution in [2.24, 2.45) is 0 Å². The number of H-pyrrole nitrogens is 1. The van der Waals surface area contributed by atoms with Gasteiger partial charge in [0.2, 0.25) is 0 Å². The van der Waals surface area contributed by atoms with Crippen molar-refractivity contribution in [2.75, 3.05) is 6.51 Å². The SMILES string of the molecule is [B]CO.[B][C@@H]1CCC(n2cc(CO)c(=S)[nH]c2=O)O1. The smallest absolute Gasteiger partial charge is 0.328 e. The van der Waals surface area contributed by atoms with Gasteiger partial charge in [-0.15, -0.1) is 0 Å². The van der Waals surface area contributed by atoms with Crippen LogP contribution in [0.4, 0.5) is 0 Å². The third-order valence-electron chi connectivity index (χ3n) is 2.55. The highest BCUT2D eigenvalue weighted by molar-refractivity contribution is 7.71. The van der Waals surface area contributed by atoms with Gasteiger partial charge in [-0.05, 0) is 12.8 Å². The fourth-order valence-corrected chi connectivity index (χ4v) is 1.91. The van der Waals surface area contributed by atoms with E-state index in [1.165, 1.54) is 10.8 Å². The van der Waals surface area contributed by atoms with E-state index < -0.39 is 0 Å². The van der Waals surface area contributed by atoms with Crippen molar-refractivity contribution >= 4 is 27.9 Å². The molecule has 2 heterocycles.